The number of nitrogens with zero attached hydrogens (tertiary/aromatic N) is 1. The van der Waals surface area contributed by atoms with Gasteiger partial charge in [0.05, 0.1) is 18.1 Å². The van der Waals surface area contributed by atoms with Crippen LogP contribution < -0.4 is 10.6 Å². The molecule has 8 heteroatoms. The molecule has 116 valence electrons. The molecule has 1 aromatic carbocycles. The fourth-order valence-electron chi connectivity index (χ4n) is 1.98. The Balaban J connectivity index is 2.09. The largest absolute Gasteiger partial charge is 0.379 e. The lowest BCUT2D eigenvalue weighted by Gasteiger charge is -2.26. The van der Waals surface area contributed by atoms with Crippen LogP contribution >= 0.6 is 12.2 Å². The third kappa shape index (κ3) is 4.13. The highest BCUT2D eigenvalue weighted by Gasteiger charge is 2.25. The smallest absolute Gasteiger partial charge is 0.243 e. The molecule has 6 nitrogen and oxygen atoms in total. The molecule has 0 aromatic heterocycles. The van der Waals surface area contributed by atoms with Crippen molar-refractivity contribution in [1.82, 2.24) is 9.62 Å². The van der Waals surface area contributed by atoms with Crippen LogP contribution in [0.2, 0.25) is 0 Å². The van der Waals surface area contributed by atoms with Crippen LogP contribution in [0.1, 0.15) is 6.92 Å². The summed E-state index contributed by atoms with van der Waals surface area (Å²) in [7, 11) is -3.44. The highest BCUT2D eigenvalue weighted by atomic mass is 32.2. The number of morpholine rings is 1. The summed E-state index contributed by atoms with van der Waals surface area (Å²) in [5.74, 6) is 0. The standard InChI is InChI=1S/C13H19N3O3S2/c1-2-14-13(20)15-11-3-5-12(6-4-11)21(17,18)16-7-9-19-10-8-16/h3-6H,2,7-10H2,1H3,(H2,14,15,20). The lowest BCUT2D eigenvalue weighted by Crippen LogP contribution is -2.40. The predicted molar refractivity (Wildman–Crippen MR) is 85.9 cm³/mol. The van der Waals surface area contributed by atoms with E-state index in [0.717, 1.165) is 12.2 Å². The molecular formula is C13H19N3O3S2. The zero-order valence-corrected chi connectivity index (χ0v) is 13.5. The summed E-state index contributed by atoms with van der Waals surface area (Å²) in [6.45, 7) is 4.35. The van der Waals surface area contributed by atoms with Gasteiger partial charge in [-0.05, 0) is 43.4 Å². The molecule has 2 N–H and O–H groups in total. The van der Waals surface area contributed by atoms with E-state index in [1.165, 1.54) is 4.31 Å². The molecule has 21 heavy (non-hydrogen) atoms. The van der Waals surface area contributed by atoms with Crippen LogP contribution in [-0.2, 0) is 14.8 Å². The fraction of sp³-hybridized carbons (Fsp3) is 0.462. The molecular weight excluding hydrogens is 310 g/mol. The van der Waals surface area contributed by atoms with E-state index in [4.69, 9.17) is 17.0 Å². The van der Waals surface area contributed by atoms with Crippen molar-refractivity contribution in [3.05, 3.63) is 24.3 Å². The molecule has 1 saturated heterocycles. The maximum absolute atomic E-state index is 12.4. The van der Waals surface area contributed by atoms with Gasteiger partial charge in [0.15, 0.2) is 5.11 Å². The van der Waals surface area contributed by atoms with Gasteiger partial charge in [-0.15, -0.1) is 0 Å². The number of rotatable bonds is 4. The molecule has 0 amide bonds. The second kappa shape index (κ2) is 7.17. The number of benzene rings is 1. The molecule has 1 heterocycles. The Morgan fingerprint density at radius 1 is 1.29 bits per heavy atom. The second-order valence-electron chi connectivity index (χ2n) is 4.53. The first-order chi connectivity index (χ1) is 10.0. The van der Waals surface area contributed by atoms with Crippen molar-refractivity contribution in [2.45, 2.75) is 11.8 Å². The summed E-state index contributed by atoms with van der Waals surface area (Å²) in [5.41, 5.74) is 0.752. The molecule has 0 radical (unpaired) electrons. The average Bonchev–Trinajstić information content (AvgIpc) is 2.49. The minimum Gasteiger partial charge on any atom is -0.379 e. The Hall–Kier alpha value is -1.22. The number of anilines is 1. The number of nitrogens with one attached hydrogen (secondary N) is 2. The molecule has 1 aliphatic heterocycles. The first-order valence-electron chi connectivity index (χ1n) is 6.77. The van der Waals surface area contributed by atoms with E-state index in [9.17, 15) is 8.42 Å². The number of hydrogen-bond donors (Lipinski definition) is 2. The van der Waals surface area contributed by atoms with Crippen molar-refractivity contribution in [1.29, 1.82) is 0 Å². The zero-order valence-electron chi connectivity index (χ0n) is 11.8. The van der Waals surface area contributed by atoms with Crippen molar-refractivity contribution in [2.24, 2.45) is 0 Å². The van der Waals surface area contributed by atoms with Gasteiger partial charge >= 0.3 is 0 Å². The van der Waals surface area contributed by atoms with Gasteiger partial charge in [-0.2, -0.15) is 4.31 Å². The van der Waals surface area contributed by atoms with E-state index in [2.05, 4.69) is 10.6 Å². The summed E-state index contributed by atoms with van der Waals surface area (Å²) in [6, 6.07) is 6.58. The van der Waals surface area contributed by atoms with Crippen molar-refractivity contribution >= 4 is 33.0 Å². The van der Waals surface area contributed by atoms with E-state index in [0.29, 0.717) is 31.4 Å². The molecule has 1 aromatic rings. The molecule has 2 rings (SSSR count). The van der Waals surface area contributed by atoms with Gasteiger partial charge in [0, 0.05) is 25.3 Å². The van der Waals surface area contributed by atoms with E-state index in [1.807, 2.05) is 6.92 Å². The highest BCUT2D eigenvalue weighted by Crippen LogP contribution is 2.19. The van der Waals surface area contributed by atoms with E-state index in [1.54, 1.807) is 24.3 Å². The molecule has 0 atom stereocenters. The van der Waals surface area contributed by atoms with Gasteiger partial charge in [0.25, 0.3) is 0 Å². The van der Waals surface area contributed by atoms with Crippen LogP contribution in [0.4, 0.5) is 5.69 Å². The van der Waals surface area contributed by atoms with Gasteiger partial charge in [-0.25, -0.2) is 8.42 Å². The minimum absolute atomic E-state index is 0.282. The molecule has 1 aliphatic rings. The molecule has 1 fully saturated rings. The Bertz CT molecular complexity index is 581. The average molecular weight is 329 g/mol. The Morgan fingerprint density at radius 3 is 2.48 bits per heavy atom. The van der Waals surface area contributed by atoms with Crippen LogP contribution in [-0.4, -0.2) is 50.7 Å². The predicted octanol–water partition coefficient (Wildman–Crippen LogP) is 1.01. The van der Waals surface area contributed by atoms with E-state index >= 15 is 0 Å². The quantitative estimate of drug-likeness (QED) is 0.804. The summed E-state index contributed by atoms with van der Waals surface area (Å²) in [4.78, 5) is 0.282. The number of hydrogen-bond acceptors (Lipinski definition) is 4. The van der Waals surface area contributed by atoms with Crippen molar-refractivity contribution < 1.29 is 13.2 Å². The topological polar surface area (TPSA) is 70.7 Å². The second-order valence-corrected chi connectivity index (χ2v) is 6.87. The van der Waals surface area contributed by atoms with Crippen molar-refractivity contribution in [3.63, 3.8) is 0 Å². The maximum Gasteiger partial charge on any atom is 0.243 e. The molecule has 0 bridgehead atoms. The van der Waals surface area contributed by atoms with Crippen molar-refractivity contribution in [3.8, 4) is 0 Å². The van der Waals surface area contributed by atoms with Crippen molar-refractivity contribution in [2.75, 3.05) is 38.2 Å². The van der Waals surface area contributed by atoms with Crippen LogP contribution in [0.15, 0.2) is 29.2 Å². The van der Waals surface area contributed by atoms with Gasteiger partial charge in [0.2, 0.25) is 10.0 Å². The first kappa shape index (κ1) is 16.2. The van der Waals surface area contributed by atoms with Crippen LogP contribution in [0, 0.1) is 0 Å². The third-order valence-electron chi connectivity index (χ3n) is 3.06. The minimum atomic E-state index is -3.44. The van der Waals surface area contributed by atoms with Crippen LogP contribution in [0.25, 0.3) is 0 Å². The monoisotopic (exact) mass is 329 g/mol. The molecule has 0 saturated carbocycles. The van der Waals surface area contributed by atoms with Gasteiger partial charge in [0.1, 0.15) is 0 Å². The van der Waals surface area contributed by atoms with Gasteiger partial charge in [-0.1, -0.05) is 0 Å². The number of sulfonamides is 1. The van der Waals surface area contributed by atoms with Gasteiger partial charge in [-0.3, -0.25) is 0 Å². The normalized spacial score (nSPS) is 16.4. The summed E-state index contributed by atoms with van der Waals surface area (Å²) >= 11 is 5.08. The lowest BCUT2D eigenvalue weighted by molar-refractivity contribution is 0.0730. The number of ether oxygens (including phenoxy) is 1. The molecule has 0 unspecified atom stereocenters. The fourth-order valence-corrected chi connectivity index (χ4v) is 3.65. The number of thiocarbonyl (C=S) groups is 1. The summed E-state index contributed by atoms with van der Waals surface area (Å²) in [6.07, 6.45) is 0. The lowest BCUT2D eigenvalue weighted by atomic mass is 10.3. The van der Waals surface area contributed by atoms with E-state index in [-0.39, 0.29) is 4.90 Å². The molecule has 0 aliphatic carbocycles. The SMILES string of the molecule is CCNC(=S)Nc1ccc(S(=O)(=O)N2CCOCC2)cc1. The first-order valence-corrected chi connectivity index (χ1v) is 8.61. The van der Waals surface area contributed by atoms with E-state index < -0.39 is 10.0 Å². The zero-order chi connectivity index (χ0) is 15.3. The Kier molecular flexibility index (Phi) is 5.51. The molecule has 0 spiro atoms. The van der Waals surface area contributed by atoms with Crippen LogP contribution in [0.3, 0.4) is 0 Å². The summed E-state index contributed by atoms with van der Waals surface area (Å²) in [5, 5.41) is 6.48. The summed E-state index contributed by atoms with van der Waals surface area (Å²) < 4.78 is 31.5. The Labute approximate surface area is 130 Å². The Morgan fingerprint density at radius 2 is 1.90 bits per heavy atom. The van der Waals surface area contributed by atoms with Crippen LogP contribution in [0.5, 0.6) is 0 Å². The maximum atomic E-state index is 12.4. The highest BCUT2D eigenvalue weighted by molar-refractivity contribution is 7.89. The van der Waals surface area contributed by atoms with Gasteiger partial charge < -0.3 is 15.4 Å². The third-order valence-corrected chi connectivity index (χ3v) is 5.22.